The van der Waals surface area contributed by atoms with Crippen molar-refractivity contribution < 1.29 is 9.18 Å². The second-order valence-electron chi connectivity index (χ2n) is 2.41. The molecule has 1 aromatic carbocycles. The summed E-state index contributed by atoms with van der Waals surface area (Å²) in [5.41, 5.74) is 5.54. The Labute approximate surface area is 74.1 Å². The summed E-state index contributed by atoms with van der Waals surface area (Å²) < 4.78 is 12.7. The molecular weight excluding hydrogens is 181 g/mol. The summed E-state index contributed by atoms with van der Waals surface area (Å²) >= 11 is 5.65. The third-order valence-corrected chi connectivity index (χ3v) is 1.87. The molecule has 0 heterocycles. The molecule has 2 N–H and O–H groups in total. The van der Waals surface area contributed by atoms with Crippen molar-refractivity contribution in [3.63, 3.8) is 0 Å². The fraction of sp³-hybridized carbons (Fsp3) is 0.125. The zero-order valence-electron chi connectivity index (χ0n) is 6.40. The normalized spacial score (nSPS) is 9.92. The van der Waals surface area contributed by atoms with E-state index >= 15 is 0 Å². The molecule has 4 heteroatoms. The van der Waals surface area contributed by atoms with E-state index in [4.69, 9.17) is 17.3 Å². The molecule has 0 saturated heterocycles. The summed E-state index contributed by atoms with van der Waals surface area (Å²) in [6.07, 6.45) is 0. The lowest BCUT2D eigenvalue weighted by atomic mass is 10.1. The summed E-state index contributed by atoms with van der Waals surface area (Å²) in [4.78, 5) is 10.9. The number of hydrogen-bond donors (Lipinski definition) is 1. The highest BCUT2D eigenvalue weighted by Crippen LogP contribution is 2.24. The second-order valence-corrected chi connectivity index (χ2v) is 2.79. The monoisotopic (exact) mass is 187 g/mol. The quantitative estimate of drug-likeness (QED) is 0.541. The minimum Gasteiger partial charge on any atom is -0.397 e. The molecule has 0 aliphatic rings. The van der Waals surface area contributed by atoms with Crippen LogP contribution in [0.4, 0.5) is 10.1 Å². The van der Waals surface area contributed by atoms with Crippen LogP contribution >= 0.6 is 11.6 Å². The topological polar surface area (TPSA) is 43.1 Å². The van der Waals surface area contributed by atoms with E-state index in [0.29, 0.717) is 0 Å². The number of benzene rings is 1. The lowest BCUT2D eigenvalue weighted by molar-refractivity contribution is 0.101. The number of anilines is 1. The lowest BCUT2D eigenvalue weighted by Crippen LogP contribution is -1.98. The highest BCUT2D eigenvalue weighted by molar-refractivity contribution is 6.36. The van der Waals surface area contributed by atoms with E-state index in [1.165, 1.54) is 6.92 Å². The molecule has 0 radical (unpaired) electrons. The molecule has 12 heavy (non-hydrogen) atoms. The Hall–Kier alpha value is -1.09. The molecule has 0 aromatic heterocycles. The molecule has 0 unspecified atom stereocenters. The first kappa shape index (κ1) is 9.00. The van der Waals surface area contributed by atoms with Crippen LogP contribution in [0.1, 0.15) is 17.3 Å². The third-order valence-electron chi connectivity index (χ3n) is 1.44. The van der Waals surface area contributed by atoms with Crippen LogP contribution in [0, 0.1) is 5.82 Å². The Kier molecular flexibility index (Phi) is 2.33. The minimum absolute atomic E-state index is 0.0851. The fourth-order valence-corrected chi connectivity index (χ4v) is 1.11. The zero-order chi connectivity index (χ0) is 9.30. The van der Waals surface area contributed by atoms with Gasteiger partial charge in [0.25, 0.3) is 0 Å². The van der Waals surface area contributed by atoms with Crippen LogP contribution in [0.5, 0.6) is 0 Å². The van der Waals surface area contributed by atoms with Crippen LogP contribution < -0.4 is 5.73 Å². The number of nitrogen functional groups attached to an aromatic ring is 1. The summed E-state index contributed by atoms with van der Waals surface area (Å²) in [7, 11) is 0. The van der Waals surface area contributed by atoms with E-state index in [1.54, 1.807) is 0 Å². The van der Waals surface area contributed by atoms with Crippen molar-refractivity contribution in [2.45, 2.75) is 6.92 Å². The Morgan fingerprint density at radius 1 is 1.58 bits per heavy atom. The summed E-state index contributed by atoms with van der Waals surface area (Å²) in [5, 5.41) is 0.115. The molecule has 0 aliphatic carbocycles. The average Bonchev–Trinajstić information content (AvgIpc) is 1.96. The Morgan fingerprint density at radius 3 is 2.67 bits per heavy atom. The van der Waals surface area contributed by atoms with E-state index in [1.807, 2.05) is 0 Å². The number of carbonyl (C=O) groups excluding carboxylic acids is 1. The van der Waals surface area contributed by atoms with Gasteiger partial charge >= 0.3 is 0 Å². The predicted octanol–water partition coefficient (Wildman–Crippen LogP) is 2.26. The largest absolute Gasteiger partial charge is 0.397 e. The summed E-state index contributed by atoms with van der Waals surface area (Å²) in [6.45, 7) is 1.31. The van der Waals surface area contributed by atoms with Gasteiger partial charge in [0.1, 0.15) is 5.82 Å². The first-order valence-corrected chi connectivity index (χ1v) is 3.65. The van der Waals surface area contributed by atoms with E-state index in [-0.39, 0.29) is 22.1 Å². The van der Waals surface area contributed by atoms with Crippen molar-refractivity contribution in [1.29, 1.82) is 0 Å². The lowest BCUT2D eigenvalue weighted by Gasteiger charge is -2.02. The highest BCUT2D eigenvalue weighted by Gasteiger charge is 2.10. The van der Waals surface area contributed by atoms with Gasteiger partial charge in [-0.2, -0.15) is 0 Å². The first-order chi connectivity index (χ1) is 5.52. The molecule has 2 nitrogen and oxygen atoms in total. The van der Waals surface area contributed by atoms with Gasteiger partial charge in [-0.25, -0.2) is 4.39 Å². The second kappa shape index (κ2) is 3.11. The van der Waals surface area contributed by atoms with Gasteiger partial charge in [0.15, 0.2) is 5.78 Å². The molecule has 0 atom stereocenters. The molecule has 0 spiro atoms. The number of hydrogen-bond acceptors (Lipinski definition) is 2. The van der Waals surface area contributed by atoms with Crippen LogP contribution in [-0.2, 0) is 0 Å². The van der Waals surface area contributed by atoms with Gasteiger partial charge in [-0.15, -0.1) is 0 Å². The average molecular weight is 188 g/mol. The van der Waals surface area contributed by atoms with Gasteiger partial charge in [0, 0.05) is 5.56 Å². The Balaban J connectivity index is 3.37. The van der Waals surface area contributed by atoms with Crippen LogP contribution in [-0.4, -0.2) is 5.78 Å². The fourth-order valence-electron chi connectivity index (χ4n) is 0.867. The molecule has 1 rings (SSSR count). The number of ketones is 1. The van der Waals surface area contributed by atoms with Gasteiger partial charge in [-0.1, -0.05) is 11.6 Å². The first-order valence-electron chi connectivity index (χ1n) is 3.28. The highest BCUT2D eigenvalue weighted by atomic mass is 35.5. The standard InChI is InChI=1S/C8H7ClFNO/c1-4(12)6-2-5(10)3-7(11)8(6)9/h2-3H,11H2,1H3. The smallest absolute Gasteiger partial charge is 0.161 e. The van der Waals surface area contributed by atoms with E-state index in [0.717, 1.165) is 12.1 Å². The summed E-state index contributed by atoms with van der Waals surface area (Å²) in [5.74, 6) is -0.853. The van der Waals surface area contributed by atoms with Crippen molar-refractivity contribution in [3.05, 3.63) is 28.5 Å². The van der Waals surface area contributed by atoms with Crippen molar-refractivity contribution in [3.8, 4) is 0 Å². The van der Waals surface area contributed by atoms with Crippen LogP contribution in [0.2, 0.25) is 5.02 Å². The van der Waals surface area contributed by atoms with Crippen molar-refractivity contribution in [1.82, 2.24) is 0 Å². The van der Waals surface area contributed by atoms with Crippen LogP contribution in [0.25, 0.3) is 0 Å². The predicted molar refractivity (Wildman–Crippen MR) is 45.8 cm³/mol. The number of halogens is 2. The molecule has 0 fully saturated rings. The van der Waals surface area contributed by atoms with Crippen molar-refractivity contribution in [2.24, 2.45) is 0 Å². The maximum atomic E-state index is 12.7. The van der Waals surface area contributed by atoms with Crippen molar-refractivity contribution in [2.75, 3.05) is 5.73 Å². The zero-order valence-corrected chi connectivity index (χ0v) is 7.15. The maximum absolute atomic E-state index is 12.7. The molecule has 0 bridgehead atoms. The minimum atomic E-state index is -0.554. The van der Waals surface area contributed by atoms with E-state index in [9.17, 15) is 9.18 Å². The molecule has 64 valence electrons. The molecule has 0 amide bonds. The Morgan fingerprint density at radius 2 is 2.17 bits per heavy atom. The van der Waals surface area contributed by atoms with Crippen LogP contribution in [0.3, 0.4) is 0 Å². The maximum Gasteiger partial charge on any atom is 0.161 e. The van der Waals surface area contributed by atoms with Gasteiger partial charge in [-0.3, -0.25) is 4.79 Å². The number of rotatable bonds is 1. The van der Waals surface area contributed by atoms with Gasteiger partial charge < -0.3 is 5.73 Å². The van der Waals surface area contributed by atoms with Gasteiger partial charge in [-0.05, 0) is 19.1 Å². The van der Waals surface area contributed by atoms with Gasteiger partial charge in [0.2, 0.25) is 0 Å². The van der Waals surface area contributed by atoms with E-state index < -0.39 is 5.82 Å². The SMILES string of the molecule is CC(=O)c1cc(F)cc(N)c1Cl. The van der Waals surface area contributed by atoms with E-state index in [2.05, 4.69) is 0 Å². The molecule has 0 aliphatic heterocycles. The third kappa shape index (κ3) is 1.56. The number of Topliss-reactive ketones (excluding diaryl/α,β-unsaturated/α-hetero) is 1. The molecule has 0 saturated carbocycles. The van der Waals surface area contributed by atoms with Gasteiger partial charge in [0.05, 0.1) is 10.7 Å². The Bertz CT molecular complexity index is 338. The molecular formula is C8H7ClFNO. The number of carbonyl (C=O) groups is 1. The van der Waals surface area contributed by atoms with Crippen molar-refractivity contribution >= 4 is 23.1 Å². The number of nitrogens with two attached hydrogens (primary N) is 1. The summed E-state index contributed by atoms with van der Waals surface area (Å²) in [6, 6.07) is 2.15. The van der Waals surface area contributed by atoms with Crippen LogP contribution in [0.15, 0.2) is 12.1 Å². The molecule has 1 aromatic rings.